The lowest BCUT2D eigenvalue weighted by Crippen LogP contribution is -2.29. The van der Waals surface area contributed by atoms with Gasteiger partial charge in [0, 0.05) is 23.6 Å². The van der Waals surface area contributed by atoms with Crippen molar-refractivity contribution in [2.45, 2.75) is 78.9 Å². The van der Waals surface area contributed by atoms with Gasteiger partial charge in [0.2, 0.25) is 11.8 Å². The summed E-state index contributed by atoms with van der Waals surface area (Å²) in [6.45, 7) is 13.3. The summed E-state index contributed by atoms with van der Waals surface area (Å²) in [5.74, 6) is -0.154. The van der Waals surface area contributed by atoms with Crippen LogP contribution in [0.4, 0.5) is 16.5 Å². The first-order valence-corrected chi connectivity index (χ1v) is 12.9. The fraction of sp³-hybridized carbons (Fsp3) is 0.464. The van der Waals surface area contributed by atoms with Gasteiger partial charge in [0.1, 0.15) is 22.7 Å². The molecule has 208 valence electrons. The molecule has 1 atom stereocenters. The maximum atomic E-state index is 12.6. The van der Waals surface area contributed by atoms with E-state index in [-0.39, 0.29) is 35.2 Å². The zero-order chi connectivity index (χ0) is 28.7. The minimum atomic E-state index is -0.743. The molecule has 4 rings (SSSR count). The Labute approximate surface area is 227 Å². The predicted octanol–water partition coefficient (Wildman–Crippen LogP) is 5.26. The van der Waals surface area contributed by atoms with Crippen LogP contribution in [0.3, 0.4) is 0 Å². The van der Waals surface area contributed by atoms with Crippen molar-refractivity contribution < 1.29 is 23.6 Å². The normalized spacial score (nSPS) is 16.2. The van der Waals surface area contributed by atoms with Crippen LogP contribution < -0.4 is 16.4 Å². The maximum absolute atomic E-state index is 12.6. The molecule has 2 heterocycles. The number of primary amides is 1. The molecule has 3 aromatic rings. The molecule has 0 spiro atoms. The average Bonchev–Trinajstić information content (AvgIpc) is 3.12. The second kappa shape index (κ2) is 10.2. The van der Waals surface area contributed by atoms with Gasteiger partial charge in [-0.1, -0.05) is 43.3 Å². The minimum Gasteiger partial charge on any atom is -0.444 e. The van der Waals surface area contributed by atoms with Crippen molar-refractivity contribution >= 4 is 29.6 Å². The van der Waals surface area contributed by atoms with Crippen molar-refractivity contribution in [1.82, 2.24) is 14.9 Å². The fourth-order valence-electron chi connectivity index (χ4n) is 4.40. The van der Waals surface area contributed by atoms with Gasteiger partial charge in [-0.3, -0.25) is 20.2 Å². The van der Waals surface area contributed by atoms with Crippen LogP contribution in [-0.4, -0.2) is 38.4 Å². The third-order valence-corrected chi connectivity index (χ3v) is 6.52. The van der Waals surface area contributed by atoms with E-state index in [1.54, 1.807) is 51.1 Å². The number of hydrogen-bond donors (Lipinski definition) is 3. The zero-order valence-electron chi connectivity index (χ0n) is 23.4. The molecule has 1 fully saturated rings. The smallest absolute Gasteiger partial charge is 0.413 e. The number of benzene rings is 1. The largest absolute Gasteiger partial charge is 0.444 e. The number of amides is 3. The summed E-state index contributed by atoms with van der Waals surface area (Å²) >= 11 is 0. The number of anilines is 2. The van der Waals surface area contributed by atoms with Crippen LogP contribution >= 0.6 is 0 Å². The van der Waals surface area contributed by atoms with Crippen molar-refractivity contribution in [2.24, 2.45) is 11.1 Å². The molecule has 3 amide bonds. The van der Waals surface area contributed by atoms with E-state index in [9.17, 15) is 14.4 Å². The predicted molar refractivity (Wildman–Crippen MR) is 146 cm³/mol. The Morgan fingerprint density at radius 1 is 1.18 bits per heavy atom. The second-order valence-electron chi connectivity index (χ2n) is 11.9. The number of nitrogens with two attached hydrogens (primary N) is 1. The standard InChI is InChI=1S/C28H36N6O5/c1-15(2)34-25(31-26(37)38-27(3,4)5)22(24(29)36)23(32-34)17-10-8-16(9-11-17)12-20(35)30-21-13-19(33-39-21)18-14-28(18,6)7/h8-11,13,15,18H,12,14H2,1-7H3,(H2,29,36)(H,30,35)(H,31,37). The van der Waals surface area contributed by atoms with Crippen LogP contribution in [0, 0.1) is 5.41 Å². The van der Waals surface area contributed by atoms with E-state index in [4.69, 9.17) is 15.0 Å². The molecular formula is C28H36N6O5. The van der Waals surface area contributed by atoms with Gasteiger partial charge in [-0.05, 0) is 52.0 Å². The molecule has 0 saturated heterocycles. The lowest BCUT2D eigenvalue weighted by atomic mass is 10.0. The third-order valence-electron chi connectivity index (χ3n) is 6.52. The fourth-order valence-corrected chi connectivity index (χ4v) is 4.40. The van der Waals surface area contributed by atoms with Crippen LogP contribution in [0.2, 0.25) is 0 Å². The maximum Gasteiger partial charge on any atom is 0.413 e. The quantitative estimate of drug-likeness (QED) is 0.355. The zero-order valence-corrected chi connectivity index (χ0v) is 23.4. The first kappa shape index (κ1) is 27.9. The van der Waals surface area contributed by atoms with Gasteiger partial charge in [-0.2, -0.15) is 5.10 Å². The molecule has 11 nitrogen and oxygen atoms in total. The molecule has 1 saturated carbocycles. The SMILES string of the molecule is CC(C)n1nc(-c2ccc(CC(=O)Nc3cc(C4CC4(C)C)no3)cc2)c(C(N)=O)c1NC(=O)OC(C)(C)C. The van der Waals surface area contributed by atoms with Gasteiger partial charge in [0.15, 0.2) is 0 Å². The molecule has 0 bridgehead atoms. The summed E-state index contributed by atoms with van der Waals surface area (Å²) in [6.07, 6.45) is 0.434. The van der Waals surface area contributed by atoms with Crippen molar-refractivity contribution in [3.8, 4) is 11.3 Å². The highest BCUT2D eigenvalue weighted by atomic mass is 16.6. The summed E-state index contributed by atoms with van der Waals surface area (Å²) in [4.78, 5) is 37.6. The molecular weight excluding hydrogens is 500 g/mol. The molecule has 1 unspecified atom stereocenters. The van der Waals surface area contributed by atoms with Crippen molar-refractivity contribution in [2.75, 3.05) is 10.6 Å². The Balaban J connectivity index is 1.50. The van der Waals surface area contributed by atoms with E-state index in [2.05, 4.69) is 34.7 Å². The Kier molecular flexibility index (Phi) is 7.29. The van der Waals surface area contributed by atoms with Crippen LogP contribution in [0.1, 0.15) is 88.5 Å². The van der Waals surface area contributed by atoms with Crippen molar-refractivity contribution in [3.05, 3.63) is 47.2 Å². The van der Waals surface area contributed by atoms with Gasteiger partial charge >= 0.3 is 6.09 Å². The number of ether oxygens (including phenoxy) is 1. The number of carbonyl (C=O) groups excluding carboxylic acids is 3. The number of nitrogens with one attached hydrogen (secondary N) is 2. The van der Waals surface area contributed by atoms with E-state index >= 15 is 0 Å². The summed E-state index contributed by atoms with van der Waals surface area (Å²) in [5, 5.41) is 14.1. The highest BCUT2D eigenvalue weighted by molar-refractivity contribution is 6.06. The van der Waals surface area contributed by atoms with E-state index in [1.165, 1.54) is 4.68 Å². The van der Waals surface area contributed by atoms with Gasteiger partial charge < -0.3 is 15.0 Å². The van der Waals surface area contributed by atoms with Gasteiger partial charge in [0.25, 0.3) is 5.91 Å². The third kappa shape index (κ3) is 6.47. The van der Waals surface area contributed by atoms with E-state index < -0.39 is 17.6 Å². The Hall–Kier alpha value is -4.15. The minimum absolute atomic E-state index is 0.0695. The Bertz CT molecular complexity index is 1390. The van der Waals surface area contributed by atoms with Crippen LogP contribution in [0.25, 0.3) is 11.3 Å². The summed E-state index contributed by atoms with van der Waals surface area (Å²) in [5.41, 5.74) is 7.80. The number of hydrogen-bond acceptors (Lipinski definition) is 7. The molecule has 2 aromatic heterocycles. The lowest BCUT2D eigenvalue weighted by Gasteiger charge is -2.20. The number of carbonyl (C=O) groups is 3. The summed E-state index contributed by atoms with van der Waals surface area (Å²) < 4.78 is 12.2. The topological polar surface area (TPSA) is 154 Å². The molecule has 39 heavy (non-hydrogen) atoms. The van der Waals surface area contributed by atoms with Crippen LogP contribution in [0.15, 0.2) is 34.9 Å². The average molecular weight is 537 g/mol. The molecule has 1 aliphatic rings. The summed E-state index contributed by atoms with van der Waals surface area (Å²) in [7, 11) is 0. The summed E-state index contributed by atoms with van der Waals surface area (Å²) in [6, 6.07) is 8.63. The molecule has 0 aliphatic heterocycles. The highest BCUT2D eigenvalue weighted by Gasteiger charge is 2.48. The van der Waals surface area contributed by atoms with E-state index in [1.807, 2.05) is 13.8 Å². The van der Waals surface area contributed by atoms with Gasteiger partial charge in [-0.25, -0.2) is 9.48 Å². The molecule has 1 aromatic carbocycles. The van der Waals surface area contributed by atoms with E-state index in [0.717, 1.165) is 17.7 Å². The van der Waals surface area contributed by atoms with Gasteiger partial charge in [-0.15, -0.1) is 0 Å². The second-order valence-corrected chi connectivity index (χ2v) is 11.9. The molecule has 0 radical (unpaired) electrons. The van der Waals surface area contributed by atoms with Crippen LogP contribution in [0.5, 0.6) is 0 Å². The van der Waals surface area contributed by atoms with E-state index in [0.29, 0.717) is 23.1 Å². The Morgan fingerprint density at radius 2 is 1.82 bits per heavy atom. The van der Waals surface area contributed by atoms with Crippen LogP contribution in [-0.2, 0) is 16.0 Å². The number of aromatic nitrogens is 3. The first-order valence-electron chi connectivity index (χ1n) is 12.9. The van der Waals surface area contributed by atoms with Crippen molar-refractivity contribution in [3.63, 3.8) is 0 Å². The lowest BCUT2D eigenvalue weighted by molar-refractivity contribution is -0.115. The molecule has 1 aliphatic carbocycles. The Morgan fingerprint density at radius 3 is 2.36 bits per heavy atom. The highest BCUT2D eigenvalue weighted by Crippen LogP contribution is 2.58. The molecule has 4 N–H and O–H groups in total. The van der Waals surface area contributed by atoms with Gasteiger partial charge in [0.05, 0.1) is 12.1 Å². The number of nitrogens with zero attached hydrogens (tertiary/aromatic N) is 3. The molecule has 11 heteroatoms. The monoisotopic (exact) mass is 536 g/mol. The first-order chi connectivity index (χ1) is 18.1. The van der Waals surface area contributed by atoms with Crippen molar-refractivity contribution in [1.29, 1.82) is 0 Å². The number of rotatable bonds is 8.